The van der Waals surface area contributed by atoms with Crippen LogP contribution in [0.2, 0.25) is 0 Å². The van der Waals surface area contributed by atoms with Gasteiger partial charge in [0.15, 0.2) is 5.78 Å². The maximum Gasteiger partial charge on any atom is 0.417 e. The number of Topliss-reactive ketones (excluding diaryl/α,β-unsaturated/α-hetero) is 1. The first-order chi connectivity index (χ1) is 11.4. The molecular formula is C16H5F3N4O. The zero-order chi connectivity index (χ0) is 17.5. The smallest absolute Gasteiger partial charge is 0.288 e. The zero-order valence-corrected chi connectivity index (χ0v) is 11.7. The fourth-order valence-electron chi connectivity index (χ4n) is 2.42. The van der Waals surface area contributed by atoms with Crippen LogP contribution in [0.25, 0.3) is 17.0 Å². The molecule has 0 atom stereocenters. The molecule has 0 aromatic carbocycles. The number of aromatic nitrogens is 2. The van der Waals surface area contributed by atoms with Crippen LogP contribution in [0.3, 0.4) is 0 Å². The number of carbonyl (C=O) groups is 1. The number of carbonyl (C=O) groups excluding carboxylic acids is 1. The number of rotatable bonds is 0. The number of pyridine rings is 2. The lowest BCUT2D eigenvalue weighted by atomic mass is 9.84. The molecule has 1 aliphatic rings. The minimum atomic E-state index is -4.68. The number of nitriles is 2. The maximum atomic E-state index is 13.0. The first-order valence-electron chi connectivity index (χ1n) is 6.50. The standard InChI is InChI=1S/C16H5F3N4O/c17-16(18,19)9-4-11-12(8(5-20)6-21)15(24)10-2-1-3-22-13(10)14(11)23-7-9/h1-4,7H. The van der Waals surface area contributed by atoms with Crippen LogP contribution in [0.5, 0.6) is 0 Å². The fraction of sp³-hybridized carbons (Fsp3) is 0.0625. The Kier molecular flexibility index (Phi) is 3.39. The maximum absolute atomic E-state index is 13.0. The quantitative estimate of drug-likeness (QED) is 0.548. The fourth-order valence-corrected chi connectivity index (χ4v) is 2.42. The van der Waals surface area contributed by atoms with Crippen molar-refractivity contribution in [2.24, 2.45) is 0 Å². The molecule has 0 fully saturated rings. The van der Waals surface area contributed by atoms with Crippen molar-refractivity contribution in [3.05, 3.63) is 52.9 Å². The van der Waals surface area contributed by atoms with Crippen molar-refractivity contribution in [1.82, 2.24) is 9.97 Å². The summed E-state index contributed by atoms with van der Waals surface area (Å²) in [7, 11) is 0. The van der Waals surface area contributed by atoms with Crippen LogP contribution in [0.15, 0.2) is 36.2 Å². The molecule has 0 radical (unpaired) electrons. The first kappa shape index (κ1) is 15.4. The average Bonchev–Trinajstić information content (AvgIpc) is 2.57. The van der Waals surface area contributed by atoms with E-state index in [4.69, 9.17) is 10.5 Å². The van der Waals surface area contributed by atoms with Gasteiger partial charge in [0.2, 0.25) is 0 Å². The van der Waals surface area contributed by atoms with Crippen molar-refractivity contribution < 1.29 is 18.0 Å². The summed E-state index contributed by atoms with van der Waals surface area (Å²) in [5.74, 6) is -0.732. The SMILES string of the molecule is N#CC(C#N)=C1C(=O)c2cccnc2-c2ncc(C(F)(F)F)cc21. The van der Waals surface area contributed by atoms with E-state index in [1.807, 2.05) is 0 Å². The Labute approximate surface area is 133 Å². The zero-order valence-electron chi connectivity index (χ0n) is 11.7. The van der Waals surface area contributed by atoms with E-state index in [1.165, 1.54) is 18.3 Å². The van der Waals surface area contributed by atoms with Crippen LogP contribution in [-0.4, -0.2) is 15.8 Å². The van der Waals surface area contributed by atoms with Crippen LogP contribution in [-0.2, 0) is 6.18 Å². The number of alkyl halides is 3. The third-order valence-electron chi connectivity index (χ3n) is 3.46. The van der Waals surface area contributed by atoms with Gasteiger partial charge in [-0.05, 0) is 18.2 Å². The molecule has 8 heteroatoms. The van der Waals surface area contributed by atoms with Gasteiger partial charge in [0, 0.05) is 18.0 Å². The molecule has 1 aliphatic carbocycles. The van der Waals surface area contributed by atoms with Crippen LogP contribution in [0.4, 0.5) is 13.2 Å². The van der Waals surface area contributed by atoms with Gasteiger partial charge in [0.1, 0.15) is 23.4 Å². The van der Waals surface area contributed by atoms with E-state index < -0.39 is 28.7 Å². The number of halogens is 3. The predicted molar refractivity (Wildman–Crippen MR) is 74.9 cm³/mol. The molecule has 116 valence electrons. The van der Waals surface area contributed by atoms with Gasteiger partial charge in [-0.3, -0.25) is 14.8 Å². The molecule has 2 heterocycles. The summed E-state index contributed by atoms with van der Waals surface area (Å²) in [6.07, 6.45) is -2.68. The number of fused-ring (bicyclic) bond motifs is 3. The molecule has 3 rings (SSSR count). The van der Waals surface area contributed by atoms with Gasteiger partial charge in [-0.25, -0.2) is 0 Å². The number of allylic oxidation sites excluding steroid dienone is 2. The highest BCUT2D eigenvalue weighted by Crippen LogP contribution is 2.40. The van der Waals surface area contributed by atoms with Gasteiger partial charge in [0.25, 0.3) is 0 Å². The highest BCUT2D eigenvalue weighted by atomic mass is 19.4. The van der Waals surface area contributed by atoms with Crippen LogP contribution in [0.1, 0.15) is 21.5 Å². The Morgan fingerprint density at radius 1 is 1.08 bits per heavy atom. The molecule has 2 aromatic heterocycles. The van der Waals surface area contributed by atoms with Crippen molar-refractivity contribution in [3.8, 4) is 23.5 Å². The largest absolute Gasteiger partial charge is 0.417 e. The molecule has 5 nitrogen and oxygen atoms in total. The Morgan fingerprint density at radius 2 is 1.75 bits per heavy atom. The van der Waals surface area contributed by atoms with Gasteiger partial charge >= 0.3 is 6.18 Å². The van der Waals surface area contributed by atoms with Gasteiger partial charge in [0.05, 0.1) is 22.4 Å². The Morgan fingerprint density at radius 3 is 2.38 bits per heavy atom. The molecule has 0 saturated carbocycles. The summed E-state index contributed by atoms with van der Waals surface area (Å²) in [6, 6.07) is 6.70. The molecule has 0 saturated heterocycles. The monoisotopic (exact) mass is 326 g/mol. The second-order valence-corrected chi connectivity index (χ2v) is 4.82. The van der Waals surface area contributed by atoms with E-state index in [1.54, 1.807) is 12.1 Å². The first-order valence-corrected chi connectivity index (χ1v) is 6.50. The van der Waals surface area contributed by atoms with Crippen LogP contribution >= 0.6 is 0 Å². The van der Waals surface area contributed by atoms with E-state index in [2.05, 4.69) is 9.97 Å². The van der Waals surface area contributed by atoms with Gasteiger partial charge in [-0.2, -0.15) is 23.7 Å². The Hall–Kier alpha value is -3.52. The van der Waals surface area contributed by atoms with Crippen LogP contribution in [0, 0.1) is 22.7 Å². The Balaban J connectivity index is 2.44. The van der Waals surface area contributed by atoms with Crippen molar-refractivity contribution in [2.45, 2.75) is 6.18 Å². The molecular weight excluding hydrogens is 321 g/mol. The molecule has 0 spiro atoms. The third-order valence-corrected chi connectivity index (χ3v) is 3.46. The molecule has 0 unspecified atom stereocenters. The van der Waals surface area contributed by atoms with E-state index >= 15 is 0 Å². The Bertz CT molecular complexity index is 978. The summed E-state index contributed by atoms with van der Waals surface area (Å²) >= 11 is 0. The topological polar surface area (TPSA) is 90.4 Å². The second kappa shape index (κ2) is 5.28. The van der Waals surface area contributed by atoms with Crippen molar-refractivity contribution in [3.63, 3.8) is 0 Å². The average molecular weight is 326 g/mol. The van der Waals surface area contributed by atoms with E-state index in [9.17, 15) is 18.0 Å². The lowest BCUT2D eigenvalue weighted by Crippen LogP contribution is -2.17. The van der Waals surface area contributed by atoms with Crippen molar-refractivity contribution >= 4 is 11.4 Å². The summed E-state index contributed by atoms with van der Waals surface area (Å²) in [5, 5.41) is 18.1. The number of ketones is 1. The van der Waals surface area contributed by atoms with E-state index in [-0.39, 0.29) is 22.5 Å². The molecule has 0 bridgehead atoms. The van der Waals surface area contributed by atoms with Gasteiger partial charge in [-0.15, -0.1) is 0 Å². The highest BCUT2D eigenvalue weighted by Gasteiger charge is 2.36. The number of hydrogen-bond donors (Lipinski definition) is 0. The summed E-state index contributed by atoms with van der Waals surface area (Å²) < 4.78 is 38.9. The molecule has 2 aromatic rings. The van der Waals surface area contributed by atoms with Crippen molar-refractivity contribution in [1.29, 1.82) is 10.5 Å². The highest BCUT2D eigenvalue weighted by molar-refractivity contribution is 6.35. The van der Waals surface area contributed by atoms with Gasteiger partial charge in [-0.1, -0.05) is 0 Å². The second-order valence-electron chi connectivity index (χ2n) is 4.82. The molecule has 0 N–H and O–H groups in total. The summed E-state index contributed by atoms with van der Waals surface area (Å²) in [5.41, 5.74) is -2.05. The number of nitrogens with zero attached hydrogens (tertiary/aromatic N) is 4. The lowest BCUT2D eigenvalue weighted by Gasteiger charge is -2.20. The van der Waals surface area contributed by atoms with E-state index in [0.717, 1.165) is 0 Å². The van der Waals surface area contributed by atoms with Gasteiger partial charge < -0.3 is 0 Å². The molecule has 0 amide bonds. The van der Waals surface area contributed by atoms with E-state index in [0.29, 0.717) is 12.3 Å². The van der Waals surface area contributed by atoms with Crippen molar-refractivity contribution in [2.75, 3.05) is 0 Å². The minimum Gasteiger partial charge on any atom is -0.288 e. The summed E-state index contributed by atoms with van der Waals surface area (Å²) in [4.78, 5) is 20.4. The normalized spacial score (nSPS) is 12.7. The molecule has 0 aliphatic heterocycles. The van der Waals surface area contributed by atoms with Crippen LogP contribution < -0.4 is 0 Å². The minimum absolute atomic E-state index is 0.0243. The summed E-state index contributed by atoms with van der Waals surface area (Å²) in [6.45, 7) is 0. The predicted octanol–water partition coefficient (Wildman–Crippen LogP) is 3.16. The number of hydrogen-bond acceptors (Lipinski definition) is 5. The lowest BCUT2D eigenvalue weighted by molar-refractivity contribution is -0.137. The third kappa shape index (κ3) is 2.22. The molecule has 24 heavy (non-hydrogen) atoms.